The van der Waals surface area contributed by atoms with E-state index in [9.17, 15) is 24.5 Å². The van der Waals surface area contributed by atoms with Crippen molar-refractivity contribution in [3.05, 3.63) is 66.8 Å². The summed E-state index contributed by atoms with van der Waals surface area (Å²) >= 11 is 1.26. The van der Waals surface area contributed by atoms with Gasteiger partial charge in [0.05, 0.1) is 10.7 Å². The summed E-state index contributed by atoms with van der Waals surface area (Å²) in [5, 5.41) is 10.3. The summed E-state index contributed by atoms with van der Waals surface area (Å²) in [4.78, 5) is 51.1. The number of carbonyl (C=O) groups excluding carboxylic acids is 1. The third kappa shape index (κ3) is 2.88. The molecule has 10 heteroatoms. The quantitative estimate of drug-likeness (QED) is 0.629. The molecule has 0 radical (unpaired) electrons. The van der Waals surface area contributed by atoms with E-state index in [1.165, 1.54) is 34.9 Å². The Morgan fingerprint density at radius 3 is 2.70 bits per heavy atom. The molecule has 9 nitrogen and oxygen atoms in total. The van der Waals surface area contributed by atoms with Crippen molar-refractivity contribution < 1.29 is 9.72 Å². The number of thioether (sulfide) groups is 1. The van der Waals surface area contributed by atoms with Crippen molar-refractivity contribution in [2.45, 2.75) is 5.37 Å². The predicted molar refractivity (Wildman–Crippen MR) is 83.5 cm³/mol. The van der Waals surface area contributed by atoms with Gasteiger partial charge in [0.15, 0.2) is 0 Å². The van der Waals surface area contributed by atoms with E-state index in [-0.39, 0.29) is 23.2 Å². The Kier molecular flexibility index (Phi) is 3.74. The van der Waals surface area contributed by atoms with Gasteiger partial charge < -0.3 is 0 Å². The smallest absolute Gasteiger partial charge is 0.293 e. The summed E-state index contributed by atoms with van der Waals surface area (Å²) in [6.45, 7) is 0. The van der Waals surface area contributed by atoms with Gasteiger partial charge >= 0.3 is 5.69 Å². The van der Waals surface area contributed by atoms with Gasteiger partial charge in [0.2, 0.25) is 5.91 Å². The van der Waals surface area contributed by atoms with Crippen molar-refractivity contribution in [1.82, 2.24) is 9.97 Å². The molecule has 0 bridgehead atoms. The van der Waals surface area contributed by atoms with Crippen molar-refractivity contribution in [1.29, 1.82) is 0 Å². The first kappa shape index (κ1) is 15.0. The SMILES string of the molecule is O=C1CSC(c2cccc([N+](=O)[O-])c2)N1c1cc(=O)[nH]c(=O)[nH]1. The van der Waals surface area contributed by atoms with Crippen molar-refractivity contribution in [2.24, 2.45) is 0 Å². The van der Waals surface area contributed by atoms with Gasteiger partial charge in [0, 0.05) is 18.2 Å². The minimum Gasteiger partial charge on any atom is -0.293 e. The molecule has 118 valence electrons. The molecule has 1 aliphatic rings. The number of nitrogens with one attached hydrogen (secondary N) is 2. The largest absolute Gasteiger partial charge is 0.327 e. The molecule has 1 unspecified atom stereocenters. The molecule has 1 amide bonds. The number of benzene rings is 1. The average molecular weight is 334 g/mol. The summed E-state index contributed by atoms with van der Waals surface area (Å²) < 4.78 is 0. The Morgan fingerprint density at radius 1 is 1.22 bits per heavy atom. The molecule has 1 aliphatic heterocycles. The van der Waals surface area contributed by atoms with Crippen LogP contribution in [0.4, 0.5) is 11.5 Å². The lowest BCUT2D eigenvalue weighted by Crippen LogP contribution is -2.33. The van der Waals surface area contributed by atoms with E-state index in [1.54, 1.807) is 6.07 Å². The topological polar surface area (TPSA) is 129 Å². The Balaban J connectivity index is 2.06. The normalized spacial score (nSPS) is 17.5. The second-order valence-corrected chi connectivity index (χ2v) is 5.82. The highest BCUT2D eigenvalue weighted by Gasteiger charge is 2.35. The third-order valence-electron chi connectivity index (χ3n) is 3.24. The number of amides is 1. The van der Waals surface area contributed by atoms with E-state index in [1.807, 2.05) is 4.98 Å². The van der Waals surface area contributed by atoms with Crippen LogP contribution in [0.1, 0.15) is 10.9 Å². The summed E-state index contributed by atoms with van der Waals surface area (Å²) in [5.74, 6) is -0.0969. The second kappa shape index (κ2) is 5.72. The Hall–Kier alpha value is -2.88. The molecule has 1 fully saturated rings. The fourth-order valence-electron chi connectivity index (χ4n) is 2.31. The Bertz CT molecular complexity index is 877. The highest BCUT2D eigenvalue weighted by Crippen LogP contribution is 2.41. The molecule has 2 heterocycles. The first-order valence-corrected chi connectivity index (χ1v) is 7.52. The van der Waals surface area contributed by atoms with Crippen LogP contribution in [0.15, 0.2) is 39.9 Å². The maximum atomic E-state index is 12.1. The third-order valence-corrected chi connectivity index (χ3v) is 4.45. The van der Waals surface area contributed by atoms with Crippen LogP contribution in [-0.2, 0) is 4.79 Å². The molecule has 23 heavy (non-hydrogen) atoms. The summed E-state index contributed by atoms with van der Waals surface area (Å²) in [7, 11) is 0. The van der Waals surface area contributed by atoms with E-state index >= 15 is 0 Å². The molecule has 0 aliphatic carbocycles. The van der Waals surface area contributed by atoms with E-state index in [0.29, 0.717) is 5.56 Å². The lowest BCUT2D eigenvalue weighted by molar-refractivity contribution is -0.384. The zero-order valence-corrected chi connectivity index (χ0v) is 12.3. The molecule has 1 atom stereocenters. The molecule has 0 spiro atoms. The van der Waals surface area contributed by atoms with Crippen LogP contribution in [0, 0.1) is 10.1 Å². The number of carbonyl (C=O) groups is 1. The first-order valence-electron chi connectivity index (χ1n) is 6.47. The molecular weight excluding hydrogens is 324 g/mol. The van der Waals surface area contributed by atoms with Gasteiger partial charge in [0.25, 0.3) is 11.2 Å². The lowest BCUT2D eigenvalue weighted by atomic mass is 10.2. The molecule has 1 saturated heterocycles. The van der Waals surface area contributed by atoms with Crippen molar-refractivity contribution >= 4 is 29.2 Å². The van der Waals surface area contributed by atoms with Crippen molar-refractivity contribution in [3.63, 3.8) is 0 Å². The number of aromatic amines is 2. The zero-order valence-electron chi connectivity index (χ0n) is 11.5. The molecule has 2 aromatic rings. The maximum absolute atomic E-state index is 12.1. The number of nitro groups is 1. The molecule has 1 aromatic carbocycles. The van der Waals surface area contributed by atoms with Gasteiger partial charge in [-0.25, -0.2) is 4.79 Å². The van der Waals surface area contributed by atoms with Crippen molar-refractivity contribution in [2.75, 3.05) is 10.7 Å². The molecule has 0 saturated carbocycles. The molecule has 3 rings (SSSR count). The van der Waals surface area contributed by atoms with Gasteiger partial charge in [-0.15, -0.1) is 11.8 Å². The van der Waals surface area contributed by atoms with E-state index in [4.69, 9.17) is 0 Å². The number of nitro benzene ring substituents is 1. The maximum Gasteiger partial charge on any atom is 0.327 e. The number of H-pyrrole nitrogens is 2. The first-order chi connectivity index (χ1) is 11.0. The van der Waals surface area contributed by atoms with Gasteiger partial charge in [-0.2, -0.15) is 0 Å². The molecule has 2 N–H and O–H groups in total. The fraction of sp³-hybridized carbons (Fsp3) is 0.154. The zero-order chi connectivity index (χ0) is 16.6. The number of aromatic nitrogens is 2. The average Bonchev–Trinajstić information content (AvgIpc) is 2.88. The lowest BCUT2D eigenvalue weighted by Gasteiger charge is -2.23. The van der Waals surface area contributed by atoms with E-state index < -0.39 is 21.5 Å². The van der Waals surface area contributed by atoms with Gasteiger partial charge in [-0.1, -0.05) is 12.1 Å². The Morgan fingerprint density at radius 2 is 2.00 bits per heavy atom. The van der Waals surface area contributed by atoms with Crippen LogP contribution in [0.5, 0.6) is 0 Å². The highest BCUT2D eigenvalue weighted by atomic mass is 32.2. The van der Waals surface area contributed by atoms with Crippen molar-refractivity contribution in [3.8, 4) is 0 Å². The summed E-state index contributed by atoms with van der Waals surface area (Å²) in [6.07, 6.45) is 0. The van der Waals surface area contributed by atoms with Gasteiger partial charge in [0.1, 0.15) is 11.2 Å². The van der Waals surface area contributed by atoms with Gasteiger partial charge in [-0.3, -0.25) is 34.6 Å². The monoisotopic (exact) mass is 334 g/mol. The van der Waals surface area contributed by atoms with Crippen LogP contribution in [0.2, 0.25) is 0 Å². The van der Waals surface area contributed by atoms with Crippen LogP contribution in [0.25, 0.3) is 0 Å². The number of hydrogen-bond donors (Lipinski definition) is 2. The number of non-ortho nitro benzene ring substituents is 1. The second-order valence-electron chi connectivity index (χ2n) is 4.75. The number of rotatable bonds is 3. The minimum absolute atomic E-state index is 0.0604. The van der Waals surface area contributed by atoms with Crippen LogP contribution in [-0.4, -0.2) is 26.6 Å². The summed E-state index contributed by atoms with van der Waals surface area (Å²) in [5.41, 5.74) is -0.917. The number of nitrogens with zero attached hydrogens (tertiary/aromatic N) is 2. The van der Waals surface area contributed by atoms with Crippen LogP contribution in [0.3, 0.4) is 0 Å². The summed E-state index contributed by atoms with van der Waals surface area (Å²) in [6, 6.07) is 7.01. The number of hydrogen-bond acceptors (Lipinski definition) is 6. The number of anilines is 1. The fourth-order valence-corrected chi connectivity index (χ4v) is 3.47. The van der Waals surface area contributed by atoms with Crippen LogP contribution >= 0.6 is 11.8 Å². The predicted octanol–water partition coefficient (Wildman–Crippen LogP) is 0.750. The van der Waals surface area contributed by atoms with Crippen LogP contribution < -0.4 is 16.1 Å². The standard InChI is InChI=1S/C13H10N4O5S/c18-10-5-9(14-13(20)15-10)16-11(19)6-23-12(16)7-2-1-3-8(4-7)17(21)22/h1-5,12H,6H2,(H2,14,15,18,20). The van der Waals surface area contributed by atoms with E-state index in [0.717, 1.165) is 6.07 Å². The molecular formula is C13H10N4O5S. The highest BCUT2D eigenvalue weighted by molar-refractivity contribution is 8.00. The van der Waals surface area contributed by atoms with E-state index in [2.05, 4.69) is 4.98 Å². The minimum atomic E-state index is -0.727. The molecule has 1 aromatic heterocycles. The van der Waals surface area contributed by atoms with Gasteiger partial charge in [-0.05, 0) is 5.56 Å². The Labute approximate surface area is 132 Å².